The number of nitrogens with one attached hydrogen (secondary N) is 1. The summed E-state index contributed by atoms with van der Waals surface area (Å²) in [7, 11) is 0. The summed E-state index contributed by atoms with van der Waals surface area (Å²) in [6, 6.07) is 0. The molecule has 0 spiro atoms. The maximum absolute atomic E-state index is 11.6. The van der Waals surface area contributed by atoms with Gasteiger partial charge in [0.2, 0.25) is 5.91 Å². The molecule has 0 saturated heterocycles. The lowest BCUT2D eigenvalue weighted by Crippen LogP contribution is -2.25. The monoisotopic (exact) mass is 252 g/mol. The minimum Gasteiger partial charge on any atom is -0.356 e. The Kier molecular flexibility index (Phi) is 7.10. The predicted octanol–water partition coefficient (Wildman–Crippen LogP) is 1.15. The molecule has 3 N–H and O–H groups in total. The van der Waals surface area contributed by atoms with Crippen LogP contribution < -0.4 is 11.1 Å². The van der Waals surface area contributed by atoms with Crippen LogP contribution in [0.4, 0.5) is 0 Å². The molecule has 0 aromatic carbocycles. The van der Waals surface area contributed by atoms with Crippen molar-refractivity contribution < 1.29 is 4.79 Å². The molecule has 5 nitrogen and oxygen atoms in total. The Hall–Kier alpha value is -1.36. The summed E-state index contributed by atoms with van der Waals surface area (Å²) in [5.41, 5.74) is 5.47. The smallest absolute Gasteiger partial charge is 0.220 e. The van der Waals surface area contributed by atoms with Crippen molar-refractivity contribution in [3.05, 3.63) is 18.7 Å². The van der Waals surface area contributed by atoms with Crippen LogP contribution in [0.2, 0.25) is 0 Å². The summed E-state index contributed by atoms with van der Waals surface area (Å²) < 4.78 is 2.01. The van der Waals surface area contributed by atoms with Gasteiger partial charge in [0.25, 0.3) is 0 Å². The number of aromatic nitrogens is 2. The molecule has 0 radical (unpaired) electrons. The van der Waals surface area contributed by atoms with Gasteiger partial charge in [-0.1, -0.05) is 6.92 Å². The van der Waals surface area contributed by atoms with E-state index in [2.05, 4.69) is 17.2 Å². The molecule has 1 amide bonds. The van der Waals surface area contributed by atoms with E-state index in [1.54, 1.807) is 12.5 Å². The van der Waals surface area contributed by atoms with Crippen molar-refractivity contribution in [3.8, 4) is 0 Å². The summed E-state index contributed by atoms with van der Waals surface area (Å²) in [4.78, 5) is 15.5. The lowest BCUT2D eigenvalue weighted by molar-refractivity contribution is -0.121. The van der Waals surface area contributed by atoms with Crippen LogP contribution >= 0.6 is 0 Å². The number of nitrogens with two attached hydrogens (primary N) is 1. The molecule has 1 aromatic rings. The van der Waals surface area contributed by atoms with Gasteiger partial charge in [0, 0.05) is 31.9 Å². The Morgan fingerprint density at radius 1 is 1.50 bits per heavy atom. The summed E-state index contributed by atoms with van der Waals surface area (Å²) in [5, 5.41) is 2.94. The quantitative estimate of drug-likeness (QED) is 0.648. The lowest BCUT2D eigenvalue weighted by Gasteiger charge is -2.10. The molecular formula is C13H24N4O. The predicted molar refractivity (Wildman–Crippen MR) is 71.9 cm³/mol. The molecule has 0 fully saturated rings. The van der Waals surface area contributed by atoms with E-state index in [1.165, 1.54) is 0 Å². The van der Waals surface area contributed by atoms with Gasteiger partial charge in [-0.25, -0.2) is 4.98 Å². The number of hydrogen-bond donors (Lipinski definition) is 2. The normalized spacial score (nSPS) is 12.3. The number of amides is 1. The first-order valence-electron chi connectivity index (χ1n) is 6.65. The van der Waals surface area contributed by atoms with Gasteiger partial charge in [0.15, 0.2) is 0 Å². The Labute approximate surface area is 109 Å². The fraction of sp³-hybridized carbons (Fsp3) is 0.692. The van der Waals surface area contributed by atoms with E-state index in [1.807, 2.05) is 10.8 Å². The Morgan fingerprint density at radius 3 is 3.00 bits per heavy atom. The second kappa shape index (κ2) is 8.69. The molecule has 1 aromatic heterocycles. The van der Waals surface area contributed by atoms with E-state index < -0.39 is 0 Å². The molecule has 0 aliphatic heterocycles. The summed E-state index contributed by atoms with van der Waals surface area (Å²) in [6.45, 7) is 4.46. The van der Waals surface area contributed by atoms with E-state index in [9.17, 15) is 4.79 Å². The van der Waals surface area contributed by atoms with E-state index in [-0.39, 0.29) is 5.91 Å². The first-order valence-corrected chi connectivity index (χ1v) is 6.65. The third kappa shape index (κ3) is 6.39. The van der Waals surface area contributed by atoms with Crippen molar-refractivity contribution in [1.82, 2.24) is 14.9 Å². The maximum atomic E-state index is 11.6. The van der Waals surface area contributed by atoms with Crippen LogP contribution in [-0.4, -0.2) is 28.5 Å². The number of carbonyl (C=O) groups excluding carboxylic acids is 1. The van der Waals surface area contributed by atoms with Crippen molar-refractivity contribution in [2.45, 2.75) is 39.2 Å². The third-order valence-electron chi connectivity index (χ3n) is 3.00. The molecule has 18 heavy (non-hydrogen) atoms. The van der Waals surface area contributed by atoms with Crippen molar-refractivity contribution in [2.24, 2.45) is 11.7 Å². The van der Waals surface area contributed by atoms with Gasteiger partial charge in [0.1, 0.15) is 0 Å². The lowest BCUT2D eigenvalue weighted by atomic mass is 10.0. The molecule has 1 unspecified atom stereocenters. The van der Waals surface area contributed by atoms with Gasteiger partial charge in [-0.2, -0.15) is 0 Å². The van der Waals surface area contributed by atoms with Crippen molar-refractivity contribution in [3.63, 3.8) is 0 Å². The van der Waals surface area contributed by atoms with Gasteiger partial charge >= 0.3 is 0 Å². The van der Waals surface area contributed by atoms with Crippen LogP contribution in [0, 0.1) is 5.92 Å². The molecule has 0 aliphatic carbocycles. The third-order valence-corrected chi connectivity index (χ3v) is 3.00. The fourth-order valence-corrected chi connectivity index (χ4v) is 1.80. The number of carbonyl (C=O) groups is 1. The summed E-state index contributed by atoms with van der Waals surface area (Å²) in [5.74, 6) is 0.677. The fourth-order valence-electron chi connectivity index (χ4n) is 1.80. The van der Waals surface area contributed by atoms with E-state index in [0.29, 0.717) is 18.9 Å². The SMILES string of the molecule is CC(CCN)CCC(=O)NCCCn1ccnc1. The molecule has 0 bridgehead atoms. The maximum Gasteiger partial charge on any atom is 0.220 e. The van der Waals surface area contributed by atoms with Crippen LogP contribution in [0.25, 0.3) is 0 Å². The van der Waals surface area contributed by atoms with Gasteiger partial charge in [-0.15, -0.1) is 0 Å². The number of nitrogens with zero attached hydrogens (tertiary/aromatic N) is 2. The number of hydrogen-bond acceptors (Lipinski definition) is 3. The highest BCUT2D eigenvalue weighted by Gasteiger charge is 2.05. The Balaban J connectivity index is 1.99. The van der Waals surface area contributed by atoms with Gasteiger partial charge in [-0.05, 0) is 31.7 Å². The molecule has 1 rings (SSSR count). The minimum atomic E-state index is 0.143. The van der Waals surface area contributed by atoms with Crippen LogP contribution in [0.5, 0.6) is 0 Å². The second-order valence-electron chi connectivity index (χ2n) is 4.73. The highest BCUT2D eigenvalue weighted by molar-refractivity contribution is 5.75. The topological polar surface area (TPSA) is 72.9 Å². The first kappa shape index (κ1) is 14.7. The largest absolute Gasteiger partial charge is 0.356 e. The zero-order valence-corrected chi connectivity index (χ0v) is 11.1. The molecule has 102 valence electrons. The van der Waals surface area contributed by atoms with Gasteiger partial charge in [-0.3, -0.25) is 4.79 Å². The van der Waals surface area contributed by atoms with Crippen molar-refractivity contribution in [1.29, 1.82) is 0 Å². The molecule has 5 heteroatoms. The minimum absolute atomic E-state index is 0.143. The summed E-state index contributed by atoms with van der Waals surface area (Å²) >= 11 is 0. The molecule has 0 aliphatic rings. The first-order chi connectivity index (χ1) is 8.72. The van der Waals surface area contributed by atoms with E-state index in [0.717, 1.165) is 32.4 Å². The molecule has 0 saturated carbocycles. The standard InChI is InChI=1S/C13H24N4O/c1-12(5-6-14)3-4-13(18)16-7-2-9-17-10-8-15-11-17/h8,10-12H,2-7,9,14H2,1H3,(H,16,18). The van der Waals surface area contributed by atoms with Crippen LogP contribution in [0.3, 0.4) is 0 Å². The average molecular weight is 252 g/mol. The van der Waals surface area contributed by atoms with Crippen molar-refractivity contribution in [2.75, 3.05) is 13.1 Å². The van der Waals surface area contributed by atoms with Crippen LogP contribution in [0.15, 0.2) is 18.7 Å². The number of rotatable bonds is 9. The highest BCUT2D eigenvalue weighted by atomic mass is 16.1. The Bertz CT molecular complexity index is 324. The zero-order chi connectivity index (χ0) is 13.2. The summed E-state index contributed by atoms with van der Waals surface area (Å²) in [6.07, 6.45) is 8.93. The van der Waals surface area contributed by atoms with Gasteiger partial charge < -0.3 is 15.6 Å². The molecule has 1 heterocycles. The van der Waals surface area contributed by atoms with Gasteiger partial charge in [0.05, 0.1) is 6.33 Å². The molecular weight excluding hydrogens is 228 g/mol. The molecule has 1 atom stereocenters. The van der Waals surface area contributed by atoms with E-state index >= 15 is 0 Å². The highest BCUT2D eigenvalue weighted by Crippen LogP contribution is 2.08. The second-order valence-corrected chi connectivity index (χ2v) is 4.73. The van der Waals surface area contributed by atoms with E-state index in [4.69, 9.17) is 5.73 Å². The zero-order valence-electron chi connectivity index (χ0n) is 11.1. The van der Waals surface area contributed by atoms with Crippen LogP contribution in [0.1, 0.15) is 32.6 Å². The average Bonchev–Trinajstić information content (AvgIpc) is 2.85. The van der Waals surface area contributed by atoms with Crippen LogP contribution in [-0.2, 0) is 11.3 Å². The van der Waals surface area contributed by atoms with Crippen molar-refractivity contribution >= 4 is 5.91 Å². The Morgan fingerprint density at radius 2 is 2.33 bits per heavy atom. The number of aryl methyl sites for hydroxylation is 1. The number of imidazole rings is 1.